The number of aliphatic hydroxyl groups excluding tert-OH is 1. The Morgan fingerprint density at radius 3 is 2.76 bits per heavy atom. The van der Waals surface area contributed by atoms with Crippen molar-refractivity contribution in [2.45, 2.75) is 13.0 Å². The summed E-state index contributed by atoms with van der Waals surface area (Å²) in [5.41, 5.74) is 0.472. The van der Waals surface area contributed by atoms with Crippen LogP contribution in [0.3, 0.4) is 0 Å². The van der Waals surface area contributed by atoms with E-state index in [0.717, 1.165) is 0 Å². The van der Waals surface area contributed by atoms with Crippen molar-refractivity contribution in [3.8, 4) is 11.4 Å². The van der Waals surface area contributed by atoms with E-state index >= 15 is 0 Å². The number of methoxy groups -OCH3 is 1. The van der Waals surface area contributed by atoms with Crippen LogP contribution in [0.2, 0.25) is 0 Å². The summed E-state index contributed by atoms with van der Waals surface area (Å²) >= 11 is 0. The second-order valence-corrected chi connectivity index (χ2v) is 3.44. The Morgan fingerprint density at radius 2 is 2.24 bits per heavy atom. The fraction of sp³-hybridized carbons (Fsp3) is 0.300. The summed E-state index contributed by atoms with van der Waals surface area (Å²) in [4.78, 5) is 0. The first kappa shape index (κ1) is 11.5. The van der Waals surface area contributed by atoms with Gasteiger partial charge in [-0.25, -0.2) is 9.07 Å². The molecule has 1 atom stereocenters. The summed E-state index contributed by atoms with van der Waals surface area (Å²) in [5.74, 6) is -0.548. The summed E-state index contributed by atoms with van der Waals surface area (Å²) in [6.07, 6.45) is 0.330. The number of hydrogen-bond donors (Lipinski definition) is 1. The zero-order valence-corrected chi connectivity index (χ0v) is 9.33. The van der Waals surface area contributed by atoms with E-state index in [-0.39, 0.29) is 11.3 Å². The van der Waals surface area contributed by atoms with Gasteiger partial charge >= 0.3 is 0 Å². The zero-order valence-electron chi connectivity index (χ0n) is 9.33. The minimum atomic E-state index is -0.996. The van der Waals surface area contributed by atoms with Gasteiger partial charge < -0.3 is 9.84 Å². The number of aliphatic hydroxyl groups is 1. The molecule has 1 N–H and O–H groups in total. The average Bonchev–Trinajstić information content (AvgIpc) is 2.81. The highest BCUT2D eigenvalue weighted by Crippen LogP contribution is 2.30. The lowest BCUT2D eigenvalue weighted by atomic mass is 10.1. The standard InChI is InChI=1S/C10H11FN4O2/c1-6(16)9-7(15-5-12-13-14-15)3-4-8(17-2)10(9)11/h3-6,16H,1-2H3. The molecular formula is C10H11FN4O2. The quantitative estimate of drug-likeness (QED) is 0.858. The van der Waals surface area contributed by atoms with Gasteiger partial charge in [0.05, 0.1) is 18.9 Å². The van der Waals surface area contributed by atoms with Crippen molar-refractivity contribution < 1.29 is 14.2 Å². The van der Waals surface area contributed by atoms with Gasteiger partial charge in [0.25, 0.3) is 0 Å². The Bertz CT molecular complexity index is 513. The van der Waals surface area contributed by atoms with E-state index < -0.39 is 11.9 Å². The van der Waals surface area contributed by atoms with E-state index in [1.165, 1.54) is 31.1 Å². The van der Waals surface area contributed by atoms with Crippen LogP contribution in [0.4, 0.5) is 4.39 Å². The monoisotopic (exact) mass is 238 g/mol. The van der Waals surface area contributed by atoms with E-state index in [0.29, 0.717) is 5.69 Å². The third-order valence-electron chi connectivity index (χ3n) is 2.35. The van der Waals surface area contributed by atoms with Gasteiger partial charge in [-0.3, -0.25) is 0 Å². The SMILES string of the molecule is COc1ccc(-n2cnnn2)c(C(C)O)c1F. The molecule has 2 rings (SSSR count). The van der Waals surface area contributed by atoms with Crippen molar-refractivity contribution in [1.82, 2.24) is 20.2 Å². The van der Waals surface area contributed by atoms with Crippen LogP contribution in [-0.4, -0.2) is 32.4 Å². The fourth-order valence-electron chi connectivity index (χ4n) is 1.59. The Balaban J connectivity index is 2.64. The zero-order chi connectivity index (χ0) is 12.4. The summed E-state index contributed by atoms with van der Waals surface area (Å²) < 4.78 is 20.2. The summed E-state index contributed by atoms with van der Waals surface area (Å²) in [7, 11) is 1.36. The first-order chi connectivity index (χ1) is 8.15. The lowest BCUT2D eigenvalue weighted by molar-refractivity contribution is 0.192. The number of nitrogens with zero attached hydrogens (tertiary/aromatic N) is 4. The molecule has 1 unspecified atom stereocenters. The van der Waals surface area contributed by atoms with E-state index in [1.54, 1.807) is 6.07 Å². The molecule has 0 bridgehead atoms. The third-order valence-corrected chi connectivity index (χ3v) is 2.35. The Kier molecular flexibility index (Phi) is 3.01. The van der Waals surface area contributed by atoms with Crippen molar-refractivity contribution in [3.63, 3.8) is 0 Å². The molecule has 1 heterocycles. The lowest BCUT2D eigenvalue weighted by Gasteiger charge is -2.14. The number of aromatic nitrogens is 4. The number of tetrazole rings is 1. The Hall–Kier alpha value is -2.02. The molecule has 2 aromatic rings. The molecule has 0 saturated carbocycles. The molecule has 0 spiro atoms. The molecule has 0 aliphatic rings. The molecule has 1 aromatic carbocycles. The van der Waals surface area contributed by atoms with Gasteiger partial charge in [0, 0.05) is 5.56 Å². The second-order valence-electron chi connectivity index (χ2n) is 3.44. The van der Waals surface area contributed by atoms with Gasteiger partial charge in [-0.05, 0) is 29.5 Å². The van der Waals surface area contributed by atoms with E-state index in [9.17, 15) is 9.50 Å². The molecule has 0 saturated heterocycles. The van der Waals surface area contributed by atoms with Crippen molar-refractivity contribution in [1.29, 1.82) is 0 Å². The van der Waals surface area contributed by atoms with Crippen LogP contribution in [0.25, 0.3) is 5.69 Å². The minimum Gasteiger partial charge on any atom is -0.494 e. The number of ether oxygens (including phenoxy) is 1. The van der Waals surface area contributed by atoms with Gasteiger partial charge in [-0.15, -0.1) is 5.10 Å². The van der Waals surface area contributed by atoms with Crippen molar-refractivity contribution >= 4 is 0 Å². The molecular weight excluding hydrogens is 227 g/mol. The second kappa shape index (κ2) is 4.46. The normalized spacial score (nSPS) is 12.5. The number of benzene rings is 1. The predicted octanol–water partition coefficient (Wildman–Crippen LogP) is 0.863. The van der Waals surface area contributed by atoms with Gasteiger partial charge in [0.1, 0.15) is 6.33 Å². The van der Waals surface area contributed by atoms with Crippen molar-refractivity contribution in [2.24, 2.45) is 0 Å². The highest BCUT2D eigenvalue weighted by atomic mass is 19.1. The molecule has 7 heteroatoms. The summed E-state index contributed by atoms with van der Waals surface area (Å²) in [6.45, 7) is 1.46. The maximum atomic E-state index is 14.0. The number of hydrogen-bond acceptors (Lipinski definition) is 5. The van der Waals surface area contributed by atoms with Crippen molar-refractivity contribution in [2.75, 3.05) is 7.11 Å². The van der Waals surface area contributed by atoms with Crippen LogP contribution in [0.15, 0.2) is 18.5 Å². The molecule has 1 aromatic heterocycles. The Morgan fingerprint density at radius 1 is 1.47 bits per heavy atom. The van der Waals surface area contributed by atoms with Crippen LogP contribution in [-0.2, 0) is 0 Å². The maximum Gasteiger partial charge on any atom is 0.172 e. The van der Waals surface area contributed by atoms with Gasteiger partial charge in [0.15, 0.2) is 11.6 Å². The fourth-order valence-corrected chi connectivity index (χ4v) is 1.59. The molecule has 0 aliphatic heterocycles. The average molecular weight is 238 g/mol. The lowest BCUT2D eigenvalue weighted by Crippen LogP contribution is -2.07. The molecule has 0 aliphatic carbocycles. The largest absolute Gasteiger partial charge is 0.494 e. The third kappa shape index (κ3) is 1.96. The van der Waals surface area contributed by atoms with Crippen LogP contribution >= 0.6 is 0 Å². The smallest absolute Gasteiger partial charge is 0.172 e. The molecule has 6 nitrogen and oxygen atoms in total. The van der Waals surface area contributed by atoms with E-state index in [4.69, 9.17) is 4.74 Å². The van der Waals surface area contributed by atoms with E-state index in [2.05, 4.69) is 15.5 Å². The van der Waals surface area contributed by atoms with Crippen LogP contribution in [0, 0.1) is 5.82 Å². The van der Waals surface area contributed by atoms with Gasteiger partial charge in [-0.1, -0.05) is 0 Å². The van der Waals surface area contributed by atoms with Crippen molar-refractivity contribution in [3.05, 3.63) is 29.8 Å². The molecule has 0 radical (unpaired) electrons. The molecule has 0 amide bonds. The predicted molar refractivity (Wildman–Crippen MR) is 56.3 cm³/mol. The maximum absolute atomic E-state index is 14.0. The number of rotatable bonds is 3. The highest BCUT2D eigenvalue weighted by molar-refractivity contribution is 5.47. The van der Waals surface area contributed by atoms with Gasteiger partial charge in [0.2, 0.25) is 0 Å². The first-order valence-electron chi connectivity index (χ1n) is 4.93. The molecule has 0 fully saturated rings. The molecule has 17 heavy (non-hydrogen) atoms. The van der Waals surface area contributed by atoms with Gasteiger partial charge in [-0.2, -0.15) is 0 Å². The topological polar surface area (TPSA) is 73.1 Å². The number of halogens is 1. The summed E-state index contributed by atoms with van der Waals surface area (Å²) in [6, 6.07) is 3.04. The minimum absolute atomic E-state index is 0.0673. The van der Waals surface area contributed by atoms with Crippen LogP contribution in [0.5, 0.6) is 5.75 Å². The van der Waals surface area contributed by atoms with Crippen LogP contribution in [0.1, 0.15) is 18.6 Å². The Labute approximate surface area is 96.6 Å². The molecule has 90 valence electrons. The first-order valence-corrected chi connectivity index (χ1v) is 4.93. The van der Waals surface area contributed by atoms with Crippen LogP contribution < -0.4 is 4.74 Å². The van der Waals surface area contributed by atoms with E-state index in [1.807, 2.05) is 0 Å². The highest BCUT2D eigenvalue weighted by Gasteiger charge is 2.19. The summed E-state index contributed by atoms with van der Waals surface area (Å²) in [5, 5.41) is 20.2.